The van der Waals surface area contributed by atoms with Crippen LogP contribution in [0.25, 0.3) is 0 Å². The molecule has 3 rings (SSSR count). The van der Waals surface area contributed by atoms with E-state index < -0.39 is 22.3 Å². The molecule has 1 heterocycles. The Morgan fingerprint density at radius 2 is 1.67 bits per heavy atom. The largest absolute Gasteiger partial charge is 0.444 e. The lowest BCUT2D eigenvalue weighted by Crippen LogP contribution is -2.42. The average Bonchev–Trinajstić information content (AvgIpc) is 2.65. The quantitative estimate of drug-likeness (QED) is 0.655. The molecule has 9 heteroatoms. The molecule has 1 aliphatic carbocycles. The van der Waals surface area contributed by atoms with Gasteiger partial charge in [0.15, 0.2) is 0 Å². The van der Waals surface area contributed by atoms with E-state index in [-0.39, 0.29) is 6.09 Å². The summed E-state index contributed by atoms with van der Waals surface area (Å²) in [5, 5.41) is 0. The van der Waals surface area contributed by atoms with Crippen molar-refractivity contribution >= 4 is 28.5 Å². The summed E-state index contributed by atoms with van der Waals surface area (Å²) in [5.74, 6) is -0.503. The highest BCUT2D eigenvalue weighted by molar-refractivity contribution is 8.23. The van der Waals surface area contributed by atoms with Crippen LogP contribution in [0.1, 0.15) is 67.9 Å². The van der Waals surface area contributed by atoms with Crippen molar-refractivity contribution in [1.29, 1.82) is 0 Å². The van der Waals surface area contributed by atoms with E-state index in [0.29, 0.717) is 54.9 Å². The molecule has 2 aliphatic rings. The van der Waals surface area contributed by atoms with Crippen LogP contribution in [0.15, 0.2) is 21.4 Å². The number of ether oxygens (including phenoxy) is 1. The number of likely N-dealkylation sites (tertiary alicyclic amines) is 1. The van der Waals surface area contributed by atoms with E-state index >= 15 is 0 Å². The average molecular weight is 438 g/mol. The molecule has 1 fully saturated rings. The molecule has 0 radical (unpaired) electrons. The Morgan fingerprint density at radius 1 is 1.07 bits per heavy atom. The maximum atomic E-state index is 12.2. The molecule has 0 bridgehead atoms. The number of amides is 2. The number of rotatable bonds is 3. The summed E-state index contributed by atoms with van der Waals surface area (Å²) in [4.78, 5) is 26.0. The molecule has 1 aromatic rings. The van der Waals surface area contributed by atoms with Crippen molar-refractivity contribution in [3.8, 4) is 0 Å². The Hall–Kier alpha value is -2.10. The number of hydrogen-bond acceptors (Lipinski definition) is 6. The number of fused-ring (bicyclic) bond motifs is 1. The molecular weight excluding hydrogens is 406 g/mol. The SMILES string of the molecule is CC(C)(C)OC(=O)N1CCC(=NS(O)(O)c2ccc(C(N)=O)c3c2CCCC3)CC1. The second kappa shape index (κ2) is 8.56. The fraction of sp³-hybridized carbons (Fsp3) is 0.571. The predicted octanol–water partition coefficient (Wildman–Crippen LogP) is 4.16. The molecule has 0 unspecified atom stereocenters. The number of carbonyl (C=O) groups excluding carboxylic acids is 2. The van der Waals surface area contributed by atoms with Crippen LogP contribution in [-0.2, 0) is 17.6 Å². The van der Waals surface area contributed by atoms with Gasteiger partial charge in [-0.05, 0) is 69.7 Å². The van der Waals surface area contributed by atoms with E-state index in [1.807, 2.05) is 20.8 Å². The second-order valence-electron chi connectivity index (χ2n) is 8.78. The first-order chi connectivity index (χ1) is 14.0. The predicted molar refractivity (Wildman–Crippen MR) is 117 cm³/mol. The number of benzene rings is 1. The molecule has 2 amide bonds. The molecule has 0 spiro atoms. The van der Waals surface area contributed by atoms with Gasteiger partial charge in [-0.15, -0.1) is 0 Å². The van der Waals surface area contributed by atoms with Gasteiger partial charge in [-0.3, -0.25) is 13.9 Å². The zero-order valence-electron chi connectivity index (χ0n) is 17.8. The lowest BCUT2D eigenvalue weighted by Gasteiger charge is -2.35. The third-order valence-electron chi connectivity index (χ3n) is 5.30. The molecule has 1 aliphatic heterocycles. The number of primary amides is 1. The second-order valence-corrected chi connectivity index (χ2v) is 10.4. The van der Waals surface area contributed by atoms with Crippen molar-refractivity contribution in [3.63, 3.8) is 0 Å². The molecule has 4 N–H and O–H groups in total. The van der Waals surface area contributed by atoms with Gasteiger partial charge in [0, 0.05) is 37.2 Å². The summed E-state index contributed by atoms with van der Waals surface area (Å²) < 4.78 is 31.5. The Balaban J connectivity index is 1.78. The number of piperidine rings is 1. The van der Waals surface area contributed by atoms with E-state index in [1.54, 1.807) is 17.0 Å². The van der Waals surface area contributed by atoms with Gasteiger partial charge >= 0.3 is 6.09 Å². The van der Waals surface area contributed by atoms with Crippen molar-refractivity contribution in [2.45, 2.75) is 69.8 Å². The van der Waals surface area contributed by atoms with E-state index in [9.17, 15) is 18.7 Å². The van der Waals surface area contributed by atoms with Crippen molar-refractivity contribution in [2.24, 2.45) is 10.1 Å². The topological polar surface area (TPSA) is 125 Å². The van der Waals surface area contributed by atoms with Crippen molar-refractivity contribution in [1.82, 2.24) is 4.90 Å². The molecule has 1 aromatic carbocycles. The van der Waals surface area contributed by atoms with Crippen LogP contribution in [0.4, 0.5) is 4.79 Å². The summed E-state index contributed by atoms with van der Waals surface area (Å²) in [7, 11) is -3.41. The minimum atomic E-state index is -3.41. The minimum absolute atomic E-state index is 0.371. The van der Waals surface area contributed by atoms with E-state index in [4.69, 9.17) is 10.5 Å². The van der Waals surface area contributed by atoms with Crippen LogP contribution in [0.5, 0.6) is 0 Å². The number of hydrogen-bond donors (Lipinski definition) is 3. The van der Waals surface area contributed by atoms with E-state index in [0.717, 1.165) is 24.0 Å². The first-order valence-corrected chi connectivity index (χ1v) is 11.8. The lowest BCUT2D eigenvalue weighted by molar-refractivity contribution is 0.0249. The van der Waals surface area contributed by atoms with Gasteiger partial charge in [-0.1, -0.05) is 10.8 Å². The molecule has 0 atom stereocenters. The van der Waals surface area contributed by atoms with Crippen LogP contribution >= 0.6 is 10.8 Å². The van der Waals surface area contributed by atoms with Gasteiger partial charge in [0.25, 0.3) is 0 Å². The van der Waals surface area contributed by atoms with E-state index in [1.165, 1.54) is 0 Å². The lowest BCUT2D eigenvalue weighted by atomic mass is 9.88. The molecule has 166 valence electrons. The Labute approximate surface area is 179 Å². The fourth-order valence-corrected chi connectivity index (χ4v) is 5.36. The Kier molecular flexibility index (Phi) is 6.45. The maximum Gasteiger partial charge on any atom is 0.410 e. The first kappa shape index (κ1) is 22.6. The zero-order chi connectivity index (χ0) is 22.1. The maximum absolute atomic E-state index is 12.2. The van der Waals surface area contributed by atoms with Crippen molar-refractivity contribution in [3.05, 3.63) is 28.8 Å². The third kappa shape index (κ3) is 5.14. The van der Waals surface area contributed by atoms with Gasteiger partial charge in [0.2, 0.25) is 5.91 Å². The third-order valence-corrected chi connectivity index (χ3v) is 6.79. The summed E-state index contributed by atoms with van der Waals surface area (Å²) in [5.41, 5.74) is 7.64. The molecule has 0 aromatic heterocycles. The van der Waals surface area contributed by atoms with Crippen LogP contribution in [0.2, 0.25) is 0 Å². The normalized spacial score (nSPS) is 17.9. The van der Waals surface area contributed by atoms with Gasteiger partial charge in [0.1, 0.15) is 5.60 Å². The zero-order valence-corrected chi connectivity index (χ0v) is 18.6. The molecule has 30 heavy (non-hydrogen) atoms. The molecule has 8 nitrogen and oxygen atoms in total. The van der Waals surface area contributed by atoms with Crippen molar-refractivity contribution < 1.29 is 23.4 Å². The van der Waals surface area contributed by atoms with E-state index in [2.05, 4.69) is 4.40 Å². The monoisotopic (exact) mass is 437 g/mol. The van der Waals surface area contributed by atoms with Gasteiger partial charge in [-0.25, -0.2) is 4.79 Å². The highest BCUT2D eigenvalue weighted by atomic mass is 32.3. The van der Waals surface area contributed by atoms with Crippen LogP contribution in [0.3, 0.4) is 0 Å². The number of carbonyl (C=O) groups is 2. The number of nitrogens with two attached hydrogens (primary N) is 1. The number of nitrogens with zero attached hydrogens (tertiary/aromatic N) is 2. The summed E-state index contributed by atoms with van der Waals surface area (Å²) in [6.07, 6.45) is 3.75. The van der Waals surface area contributed by atoms with Crippen molar-refractivity contribution in [2.75, 3.05) is 13.1 Å². The summed E-state index contributed by atoms with van der Waals surface area (Å²) in [6, 6.07) is 3.14. The standard InChI is InChI=1S/C21H31N3O5S/c1-21(2,3)29-20(26)24-12-10-14(11-13-24)23-30(27,28)18-9-8-17(19(22)25)15-6-4-5-7-16(15)18/h8-9,27-28H,4-7,10-13H2,1-3H3,(H2,22,25). The van der Waals surface area contributed by atoms with Gasteiger partial charge in [-0.2, -0.15) is 4.40 Å². The molecule has 0 saturated carbocycles. The fourth-order valence-electron chi connectivity index (χ4n) is 3.92. The molecule has 1 saturated heterocycles. The Bertz CT molecular complexity index is 866. The highest BCUT2D eigenvalue weighted by Crippen LogP contribution is 2.53. The summed E-state index contributed by atoms with van der Waals surface area (Å²) in [6.45, 7) is 6.30. The minimum Gasteiger partial charge on any atom is -0.444 e. The molecular formula is C21H31N3O5S. The van der Waals surface area contributed by atoms with Crippen LogP contribution < -0.4 is 5.73 Å². The van der Waals surface area contributed by atoms with Gasteiger partial charge < -0.3 is 15.4 Å². The first-order valence-electron chi connectivity index (χ1n) is 10.3. The Morgan fingerprint density at radius 3 is 2.23 bits per heavy atom. The van der Waals surface area contributed by atoms with Crippen LogP contribution in [-0.4, -0.2) is 50.4 Å². The van der Waals surface area contributed by atoms with Crippen LogP contribution in [0, 0.1) is 0 Å². The highest BCUT2D eigenvalue weighted by Gasteiger charge is 2.29. The van der Waals surface area contributed by atoms with Gasteiger partial charge in [0.05, 0.1) is 4.90 Å². The smallest absolute Gasteiger partial charge is 0.410 e. The summed E-state index contributed by atoms with van der Waals surface area (Å²) >= 11 is 0.